The molecule has 0 spiro atoms. The van der Waals surface area contributed by atoms with Crippen molar-refractivity contribution in [3.63, 3.8) is 0 Å². The first-order valence-electron chi connectivity index (χ1n) is 5.41. The monoisotopic (exact) mass is 218 g/mol. The van der Waals surface area contributed by atoms with Crippen LogP contribution in [0.5, 0.6) is 0 Å². The lowest BCUT2D eigenvalue weighted by atomic mass is 10.4. The average molecular weight is 218 g/mol. The Bertz CT molecular complexity index is 163. The molecular weight excluding hydrogens is 196 g/mol. The predicted molar refractivity (Wildman–Crippen MR) is 58.8 cm³/mol. The van der Waals surface area contributed by atoms with Crippen molar-refractivity contribution in [3.8, 4) is 0 Å². The maximum atomic E-state index is 11.1. The van der Waals surface area contributed by atoms with Crippen molar-refractivity contribution in [3.05, 3.63) is 0 Å². The van der Waals surface area contributed by atoms with Crippen molar-refractivity contribution in [1.82, 2.24) is 10.6 Å². The third-order valence-electron chi connectivity index (χ3n) is 1.68. The maximum Gasteiger partial charge on any atom is 0.314 e. The molecule has 2 amide bonds. The number of urea groups is 1. The van der Waals surface area contributed by atoms with Crippen molar-refractivity contribution in [2.45, 2.75) is 32.8 Å². The molecule has 0 aliphatic carbocycles. The Kier molecular flexibility index (Phi) is 9.21. The lowest BCUT2D eigenvalue weighted by Gasteiger charge is -2.08. The number of hydrogen-bond acceptors (Lipinski definition) is 3. The van der Waals surface area contributed by atoms with Gasteiger partial charge in [0.1, 0.15) is 0 Å². The summed E-state index contributed by atoms with van der Waals surface area (Å²) in [7, 11) is 0. The predicted octanol–water partition coefficient (Wildman–Crippen LogP) is 0.483. The third-order valence-corrected chi connectivity index (χ3v) is 1.68. The molecule has 0 aromatic heterocycles. The van der Waals surface area contributed by atoms with Crippen molar-refractivity contribution in [2.24, 2.45) is 0 Å². The topological polar surface area (TPSA) is 70.6 Å². The lowest BCUT2D eigenvalue weighted by molar-refractivity contribution is 0.0774. The Morgan fingerprint density at radius 2 is 1.87 bits per heavy atom. The molecule has 5 heteroatoms. The summed E-state index contributed by atoms with van der Waals surface area (Å²) in [5.41, 5.74) is 0. The van der Waals surface area contributed by atoms with Crippen LogP contribution in [0.3, 0.4) is 0 Å². The normalized spacial score (nSPS) is 10.4. The molecule has 0 aliphatic rings. The first kappa shape index (κ1) is 14.2. The van der Waals surface area contributed by atoms with Crippen LogP contribution in [0.15, 0.2) is 0 Å². The van der Waals surface area contributed by atoms with Gasteiger partial charge >= 0.3 is 6.03 Å². The smallest absolute Gasteiger partial charge is 0.314 e. The van der Waals surface area contributed by atoms with E-state index in [2.05, 4.69) is 10.6 Å². The molecule has 0 fully saturated rings. The fourth-order valence-corrected chi connectivity index (χ4v) is 0.937. The highest BCUT2D eigenvalue weighted by molar-refractivity contribution is 5.73. The van der Waals surface area contributed by atoms with Crippen LogP contribution < -0.4 is 10.6 Å². The van der Waals surface area contributed by atoms with Gasteiger partial charge in [-0.25, -0.2) is 4.79 Å². The van der Waals surface area contributed by atoms with Gasteiger partial charge < -0.3 is 20.5 Å². The van der Waals surface area contributed by atoms with E-state index >= 15 is 0 Å². The zero-order chi connectivity index (χ0) is 11.5. The highest BCUT2D eigenvalue weighted by atomic mass is 16.5. The van der Waals surface area contributed by atoms with Gasteiger partial charge in [-0.15, -0.1) is 0 Å². The molecule has 0 aromatic rings. The number of amides is 2. The number of nitrogens with one attached hydrogen (secondary N) is 2. The maximum absolute atomic E-state index is 11.1. The minimum Gasteiger partial charge on any atom is -0.396 e. The van der Waals surface area contributed by atoms with Crippen LogP contribution in [0, 0.1) is 0 Å². The molecular formula is C10H22N2O3. The highest BCUT2D eigenvalue weighted by Crippen LogP contribution is 1.88. The van der Waals surface area contributed by atoms with Gasteiger partial charge in [0, 0.05) is 26.3 Å². The second-order valence-electron chi connectivity index (χ2n) is 3.53. The van der Waals surface area contributed by atoms with E-state index in [9.17, 15) is 4.79 Å². The molecule has 0 saturated carbocycles. The van der Waals surface area contributed by atoms with Gasteiger partial charge in [-0.1, -0.05) is 0 Å². The summed E-state index contributed by atoms with van der Waals surface area (Å²) >= 11 is 0. The largest absolute Gasteiger partial charge is 0.396 e. The highest BCUT2D eigenvalue weighted by Gasteiger charge is 1.98. The van der Waals surface area contributed by atoms with E-state index in [0.29, 0.717) is 26.1 Å². The number of ether oxygens (including phenoxy) is 1. The van der Waals surface area contributed by atoms with E-state index in [0.717, 1.165) is 6.42 Å². The quantitative estimate of drug-likeness (QED) is 0.519. The van der Waals surface area contributed by atoms with Gasteiger partial charge in [-0.2, -0.15) is 0 Å². The second-order valence-corrected chi connectivity index (χ2v) is 3.53. The summed E-state index contributed by atoms with van der Waals surface area (Å²) in [4.78, 5) is 11.1. The van der Waals surface area contributed by atoms with Crippen molar-refractivity contribution < 1.29 is 14.6 Å². The summed E-state index contributed by atoms with van der Waals surface area (Å²) in [6.07, 6.45) is 1.64. The van der Waals surface area contributed by atoms with E-state index in [4.69, 9.17) is 9.84 Å². The third kappa shape index (κ3) is 11.1. The molecule has 0 heterocycles. The summed E-state index contributed by atoms with van der Waals surface area (Å²) in [5, 5.41) is 13.8. The zero-order valence-electron chi connectivity index (χ0n) is 9.58. The molecule has 0 bridgehead atoms. The van der Waals surface area contributed by atoms with E-state index in [1.807, 2.05) is 13.8 Å². The molecule has 0 aliphatic heterocycles. The second kappa shape index (κ2) is 9.73. The minimum absolute atomic E-state index is 0.0997. The van der Waals surface area contributed by atoms with Gasteiger partial charge in [0.05, 0.1) is 6.10 Å². The van der Waals surface area contributed by atoms with Crippen LogP contribution >= 0.6 is 0 Å². The fraction of sp³-hybridized carbons (Fsp3) is 0.900. The molecule has 0 radical (unpaired) electrons. The number of carbonyl (C=O) groups excluding carboxylic acids is 1. The van der Waals surface area contributed by atoms with E-state index in [-0.39, 0.29) is 18.7 Å². The molecule has 0 saturated heterocycles. The first-order chi connectivity index (χ1) is 7.16. The summed E-state index contributed by atoms with van der Waals surface area (Å²) in [5.74, 6) is 0. The molecule has 15 heavy (non-hydrogen) atoms. The fourth-order valence-electron chi connectivity index (χ4n) is 0.937. The number of rotatable bonds is 8. The number of carbonyl (C=O) groups is 1. The number of aliphatic hydroxyl groups is 1. The van der Waals surface area contributed by atoms with Crippen LogP contribution in [0.25, 0.3) is 0 Å². The average Bonchev–Trinajstić information content (AvgIpc) is 2.17. The lowest BCUT2D eigenvalue weighted by Crippen LogP contribution is -2.37. The van der Waals surface area contributed by atoms with Gasteiger partial charge in [0.15, 0.2) is 0 Å². The van der Waals surface area contributed by atoms with Crippen LogP contribution in [-0.4, -0.2) is 43.5 Å². The number of aliphatic hydroxyl groups excluding tert-OH is 1. The minimum atomic E-state index is -0.187. The van der Waals surface area contributed by atoms with Crippen molar-refractivity contribution in [1.29, 1.82) is 0 Å². The molecule has 90 valence electrons. The van der Waals surface area contributed by atoms with Crippen LogP contribution in [-0.2, 0) is 4.74 Å². The molecule has 0 unspecified atom stereocenters. The van der Waals surface area contributed by atoms with Gasteiger partial charge in [0.2, 0.25) is 0 Å². The van der Waals surface area contributed by atoms with Crippen molar-refractivity contribution >= 4 is 6.03 Å². The van der Waals surface area contributed by atoms with Gasteiger partial charge in [-0.05, 0) is 26.7 Å². The Morgan fingerprint density at radius 1 is 1.27 bits per heavy atom. The van der Waals surface area contributed by atoms with Crippen LogP contribution in [0.1, 0.15) is 26.7 Å². The van der Waals surface area contributed by atoms with Gasteiger partial charge in [-0.3, -0.25) is 0 Å². The standard InChI is InChI=1S/C10H22N2O3/c1-9(2)15-8-4-6-12-10(14)11-5-3-7-13/h9,13H,3-8H2,1-2H3,(H2,11,12,14). The summed E-state index contributed by atoms with van der Waals surface area (Å²) in [6.45, 7) is 5.84. The molecule has 0 atom stereocenters. The van der Waals surface area contributed by atoms with E-state index in [1.54, 1.807) is 0 Å². The zero-order valence-corrected chi connectivity index (χ0v) is 9.58. The van der Waals surface area contributed by atoms with E-state index < -0.39 is 0 Å². The van der Waals surface area contributed by atoms with Crippen LogP contribution in [0.4, 0.5) is 4.79 Å². The first-order valence-corrected chi connectivity index (χ1v) is 5.41. The SMILES string of the molecule is CC(C)OCCCNC(=O)NCCCO. The van der Waals surface area contributed by atoms with Crippen molar-refractivity contribution in [2.75, 3.05) is 26.3 Å². The Balaban J connectivity index is 3.17. The van der Waals surface area contributed by atoms with E-state index in [1.165, 1.54) is 0 Å². The molecule has 0 aromatic carbocycles. The van der Waals surface area contributed by atoms with Gasteiger partial charge in [0.25, 0.3) is 0 Å². The summed E-state index contributed by atoms with van der Waals surface area (Å²) in [6, 6.07) is -0.187. The molecule has 0 rings (SSSR count). The molecule has 5 nitrogen and oxygen atoms in total. The number of hydrogen-bond donors (Lipinski definition) is 3. The van der Waals surface area contributed by atoms with Crippen LogP contribution in [0.2, 0.25) is 0 Å². The Labute approximate surface area is 91.2 Å². The Hall–Kier alpha value is -0.810. The Morgan fingerprint density at radius 3 is 2.40 bits per heavy atom. The molecule has 3 N–H and O–H groups in total. The summed E-state index contributed by atoms with van der Waals surface area (Å²) < 4.78 is 5.32.